The van der Waals surface area contributed by atoms with Gasteiger partial charge in [0.1, 0.15) is 11.6 Å². The van der Waals surface area contributed by atoms with Gasteiger partial charge in [-0.25, -0.2) is 13.4 Å². The van der Waals surface area contributed by atoms with E-state index in [1.165, 1.54) is 18.3 Å². The molecule has 0 spiro atoms. The van der Waals surface area contributed by atoms with Gasteiger partial charge in [0, 0.05) is 6.20 Å². The van der Waals surface area contributed by atoms with Crippen molar-refractivity contribution in [3.63, 3.8) is 0 Å². The molecule has 1 aromatic carbocycles. The van der Waals surface area contributed by atoms with Gasteiger partial charge in [-0.2, -0.15) is 0 Å². The van der Waals surface area contributed by atoms with Crippen LogP contribution in [0.3, 0.4) is 0 Å². The molecule has 1 aromatic heterocycles. The lowest BCUT2D eigenvalue weighted by Gasteiger charge is -2.11. The van der Waals surface area contributed by atoms with Crippen molar-refractivity contribution < 1.29 is 13.2 Å². The zero-order chi connectivity index (χ0) is 15.5. The first-order valence-corrected chi connectivity index (χ1v) is 8.16. The van der Waals surface area contributed by atoms with Crippen LogP contribution in [0.2, 0.25) is 5.02 Å². The minimum absolute atomic E-state index is 0.153. The molecule has 1 N–H and O–H groups in total. The van der Waals surface area contributed by atoms with E-state index in [2.05, 4.69) is 9.71 Å². The van der Waals surface area contributed by atoms with Gasteiger partial charge in [-0.3, -0.25) is 4.72 Å². The molecule has 0 atom stereocenters. The van der Waals surface area contributed by atoms with Crippen molar-refractivity contribution in [1.29, 1.82) is 0 Å². The molecule has 0 aliphatic heterocycles. The van der Waals surface area contributed by atoms with Gasteiger partial charge in [-0.15, -0.1) is 0 Å². The minimum Gasteiger partial charge on any atom is -0.494 e. The number of benzene rings is 1. The van der Waals surface area contributed by atoms with Crippen LogP contribution in [-0.4, -0.2) is 20.0 Å². The van der Waals surface area contributed by atoms with E-state index in [0.717, 1.165) is 5.56 Å². The molecular weight excluding hydrogens is 312 g/mol. The second kappa shape index (κ2) is 6.32. The molecule has 0 saturated heterocycles. The standard InChI is InChI=1S/C14H15ClN2O3S/c1-3-20-13-6-5-12(8-10(13)2)21(18,19)17-14-7-4-11(15)9-16-14/h4-9H,3H2,1-2H3,(H,16,17). The number of nitrogens with one attached hydrogen (secondary N) is 1. The fraction of sp³-hybridized carbons (Fsp3) is 0.214. The Morgan fingerprint density at radius 2 is 2.05 bits per heavy atom. The number of pyridine rings is 1. The summed E-state index contributed by atoms with van der Waals surface area (Å²) in [5.41, 5.74) is 0.754. The predicted octanol–water partition coefficient (Wildman–Crippen LogP) is 3.24. The molecule has 0 fully saturated rings. The number of aromatic nitrogens is 1. The van der Waals surface area contributed by atoms with Crippen molar-refractivity contribution in [2.45, 2.75) is 18.7 Å². The Morgan fingerprint density at radius 1 is 1.29 bits per heavy atom. The van der Waals surface area contributed by atoms with E-state index in [1.807, 2.05) is 6.92 Å². The number of rotatable bonds is 5. The summed E-state index contributed by atoms with van der Waals surface area (Å²) >= 11 is 5.71. The summed E-state index contributed by atoms with van der Waals surface area (Å²) in [4.78, 5) is 4.06. The summed E-state index contributed by atoms with van der Waals surface area (Å²) in [6.07, 6.45) is 1.38. The van der Waals surface area contributed by atoms with Crippen LogP contribution in [0.1, 0.15) is 12.5 Å². The lowest BCUT2D eigenvalue weighted by Crippen LogP contribution is -2.14. The first kappa shape index (κ1) is 15.6. The lowest BCUT2D eigenvalue weighted by atomic mass is 10.2. The van der Waals surface area contributed by atoms with Crippen LogP contribution in [-0.2, 0) is 10.0 Å². The first-order chi connectivity index (χ1) is 9.92. The third kappa shape index (κ3) is 3.86. The summed E-state index contributed by atoms with van der Waals surface area (Å²) in [7, 11) is -3.69. The number of hydrogen-bond donors (Lipinski definition) is 1. The Balaban J connectivity index is 2.27. The molecule has 0 bridgehead atoms. The smallest absolute Gasteiger partial charge is 0.263 e. The molecular formula is C14H15ClN2O3S. The predicted molar refractivity (Wildman–Crippen MR) is 82.4 cm³/mol. The Labute approximate surface area is 129 Å². The number of aryl methyl sites for hydroxylation is 1. The summed E-state index contributed by atoms with van der Waals surface area (Å²) in [6, 6.07) is 7.76. The summed E-state index contributed by atoms with van der Waals surface area (Å²) < 4.78 is 32.4. The molecule has 112 valence electrons. The molecule has 0 aliphatic rings. The molecule has 0 radical (unpaired) electrons. The molecule has 7 heteroatoms. The zero-order valence-corrected chi connectivity index (χ0v) is 13.2. The Bertz CT molecular complexity index is 730. The summed E-state index contributed by atoms with van der Waals surface area (Å²) in [5.74, 6) is 0.881. The molecule has 2 rings (SSSR count). The molecule has 0 amide bonds. The first-order valence-electron chi connectivity index (χ1n) is 6.30. The van der Waals surface area contributed by atoms with Crippen LogP contribution in [0.4, 0.5) is 5.82 Å². The van der Waals surface area contributed by atoms with Crippen molar-refractivity contribution in [3.05, 3.63) is 47.1 Å². The van der Waals surface area contributed by atoms with Gasteiger partial charge in [-0.05, 0) is 49.7 Å². The van der Waals surface area contributed by atoms with Gasteiger partial charge in [0.05, 0.1) is 16.5 Å². The van der Waals surface area contributed by atoms with Crippen molar-refractivity contribution in [2.24, 2.45) is 0 Å². The quantitative estimate of drug-likeness (QED) is 0.915. The van der Waals surface area contributed by atoms with Crippen LogP contribution in [0.15, 0.2) is 41.4 Å². The van der Waals surface area contributed by atoms with Crippen LogP contribution >= 0.6 is 11.6 Å². The monoisotopic (exact) mass is 326 g/mol. The number of halogens is 1. The van der Waals surface area contributed by atoms with E-state index in [-0.39, 0.29) is 10.7 Å². The highest BCUT2D eigenvalue weighted by molar-refractivity contribution is 7.92. The van der Waals surface area contributed by atoms with Crippen molar-refractivity contribution in [1.82, 2.24) is 4.98 Å². The van der Waals surface area contributed by atoms with Gasteiger partial charge < -0.3 is 4.74 Å². The third-order valence-electron chi connectivity index (χ3n) is 2.72. The highest BCUT2D eigenvalue weighted by atomic mass is 35.5. The Kier molecular flexibility index (Phi) is 4.69. The van der Waals surface area contributed by atoms with Crippen LogP contribution in [0.5, 0.6) is 5.75 Å². The summed E-state index contributed by atoms with van der Waals surface area (Å²) in [6.45, 7) is 4.20. The molecule has 5 nitrogen and oxygen atoms in total. The number of nitrogens with zero attached hydrogens (tertiary/aromatic N) is 1. The van der Waals surface area contributed by atoms with Gasteiger partial charge >= 0.3 is 0 Å². The average molecular weight is 327 g/mol. The van der Waals surface area contributed by atoms with E-state index < -0.39 is 10.0 Å². The molecule has 21 heavy (non-hydrogen) atoms. The van der Waals surface area contributed by atoms with Crippen molar-refractivity contribution in [3.8, 4) is 5.75 Å². The maximum absolute atomic E-state index is 12.3. The van der Waals surface area contributed by atoms with Crippen molar-refractivity contribution in [2.75, 3.05) is 11.3 Å². The van der Waals surface area contributed by atoms with Crippen LogP contribution in [0, 0.1) is 6.92 Å². The minimum atomic E-state index is -3.69. The Morgan fingerprint density at radius 3 is 2.62 bits per heavy atom. The molecule has 1 heterocycles. The van der Waals surface area contributed by atoms with E-state index >= 15 is 0 Å². The fourth-order valence-electron chi connectivity index (χ4n) is 1.74. The Hall–Kier alpha value is -1.79. The molecule has 0 unspecified atom stereocenters. The van der Waals surface area contributed by atoms with Crippen molar-refractivity contribution >= 4 is 27.4 Å². The number of anilines is 1. The van der Waals surface area contributed by atoms with E-state index in [4.69, 9.17) is 16.3 Å². The normalized spacial score (nSPS) is 11.2. The number of ether oxygens (including phenoxy) is 1. The number of sulfonamides is 1. The van der Waals surface area contributed by atoms with Gasteiger partial charge in [0.2, 0.25) is 0 Å². The van der Waals surface area contributed by atoms with Crippen LogP contribution in [0.25, 0.3) is 0 Å². The second-order valence-corrected chi connectivity index (χ2v) is 6.45. The lowest BCUT2D eigenvalue weighted by molar-refractivity contribution is 0.337. The molecule has 0 aliphatic carbocycles. The highest BCUT2D eigenvalue weighted by Gasteiger charge is 2.16. The average Bonchev–Trinajstić information content (AvgIpc) is 2.43. The SMILES string of the molecule is CCOc1ccc(S(=O)(=O)Nc2ccc(Cl)cn2)cc1C. The largest absolute Gasteiger partial charge is 0.494 e. The van der Waals surface area contributed by atoms with Crippen LogP contribution < -0.4 is 9.46 Å². The summed E-state index contributed by atoms with van der Waals surface area (Å²) in [5, 5.41) is 0.440. The molecule has 0 saturated carbocycles. The second-order valence-electron chi connectivity index (χ2n) is 4.33. The number of hydrogen-bond acceptors (Lipinski definition) is 4. The van der Waals surface area contributed by atoms with E-state index in [0.29, 0.717) is 17.4 Å². The molecule has 2 aromatic rings. The van der Waals surface area contributed by atoms with Gasteiger partial charge in [-0.1, -0.05) is 11.6 Å². The topological polar surface area (TPSA) is 68.3 Å². The fourth-order valence-corrected chi connectivity index (χ4v) is 2.94. The maximum atomic E-state index is 12.3. The highest BCUT2D eigenvalue weighted by Crippen LogP contribution is 2.23. The zero-order valence-electron chi connectivity index (χ0n) is 11.6. The van der Waals surface area contributed by atoms with E-state index in [1.54, 1.807) is 25.1 Å². The van der Waals surface area contributed by atoms with E-state index in [9.17, 15) is 8.42 Å². The van der Waals surface area contributed by atoms with Gasteiger partial charge in [0.25, 0.3) is 10.0 Å². The maximum Gasteiger partial charge on any atom is 0.263 e. The third-order valence-corrected chi connectivity index (χ3v) is 4.30. The van der Waals surface area contributed by atoms with Gasteiger partial charge in [0.15, 0.2) is 0 Å².